The normalized spacial score (nSPS) is 11.5. The van der Waals surface area contributed by atoms with Gasteiger partial charge in [0.2, 0.25) is 10.0 Å². The Morgan fingerprint density at radius 2 is 1.76 bits per heavy atom. The minimum absolute atomic E-state index is 0.246. The number of hydrogen-bond acceptors (Lipinski definition) is 5. The smallest absolute Gasteiger partial charge is 0.240 e. The van der Waals surface area contributed by atoms with Gasteiger partial charge in [-0.15, -0.1) is 0 Å². The molecule has 0 bridgehead atoms. The van der Waals surface area contributed by atoms with E-state index in [9.17, 15) is 8.42 Å². The van der Waals surface area contributed by atoms with Gasteiger partial charge in [-0.25, -0.2) is 13.1 Å². The Morgan fingerprint density at radius 1 is 1.10 bits per heavy atom. The summed E-state index contributed by atoms with van der Waals surface area (Å²) in [5.74, 6) is 2.66. The van der Waals surface area contributed by atoms with Crippen LogP contribution in [-0.4, -0.2) is 21.7 Å². The lowest BCUT2D eigenvalue weighted by Crippen LogP contribution is -2.18. The van der Waals surface area contributed by atoms with E-state index >= 15 is 0 Å². The number of rotatable bonds is 7. The highest BCUT2D eigenvalue weighted by Gasteiger charge is 2.10. The predicted octanol–water partition coefficient (Wildman–Crippen LogP) is 2.66. The van der Waals surface area contributed by atoms with Gasteiger partial charge < -0.3 is 9.73 Å². The lowest BCUT2D eigenvalue weighted by molar-refractivity contribution is 0.487. The molecule has 0 atom stereocenters. The molecule has 2 N–H and O–H groups in total. The van der Waals surface area contributed by atoms with E-state index in [1.54, 1.807) is 36.0 Å². The molecule has 0 aliphatic heterocycles. The molecule has 0 fully saturated rings. The third-order valence-electron chi connectivity index (χ3n) is 2.90. The van der Waals surface area contributed by atoms with Crippen LogP contribution in [0.15, 0.2) is 45.7 Å². The Morgan fingerprint density at radius 3 is 2.38 bits per heavy atom. The van der Waals surface area contributed by atoms with Gasteiger partial charge in [0.15, 0.2) is 0 Å². The molecule has 0 aliphatic rings. The highest BCUT2D eigenvalue weighted by atomic mass is 32.2. The molecule has 0 amide bonds. The second kappa shape index (κ2) is 7.02. The Bertz CT molecular complexity index is 678. The molecule has 5 nitrogen and oxygen atoms in total. The number of hydrogen-bond donors (Lipinski definition) is 2. The standard InChI is InChI=1S/C14H18N2O3S2/c1-15-21(17,18)14-7-3-11(4-8-14)16-9-12-5-6-13(19-12)10-20-2/h3-8,15-16H,9-10H2,1-2H3. The van der Waals surface area contributed by atoms with Gasteiger partial charge >= 0.3 is 0 Å². The SMILES string of the molecule is CNS(=O)(=O)c1ccc(NCc2ccc(CSC)o2)cc1. The molecule has 0 saturated heterocycles. The average molecular weight is 326 g/mol. The quantitative estimate of drug-likeness (QED) is 0.818. The van der Waals surface area contributed by atoms with E-state index in [0.29, 0.717) is 6.54 Å². The van der Waals surface area contributed by atoms with Gasteiger partial charge in [-0.3, -0.25) is 0 Å². The number of sulfonamides is 1. The molecular formula is C14H18N2O3S2. The van der Waals surface area contributed by atoms with Gasteiger partial charge in [-0.1, -0.05) is 0 Å². The van der Waals surface area contributed by atoms with Crippen LogP contribution in [0.2, 0.25) is 0 Å². The van der Waals surface area contributed by atoms with Gasteiger partial charge in [0.25, 0.3) is 0 Å². The molecule has 1 aromatic heterocycles. The number of benzene rings is 1. The fourth-order valence-electron chi connectivity index (χ4n) is 1.80. The van der Waals surface area contributed by atoms with Crippen molar-refractivity contribution in [2.45, 2.75) is 17.2 Å². The molecule has 0 spiro atoms. The lowest BCUT2D eigenvalue weighted by Gasteiger charge is -2.06. The molecule has 21 heavy (non-hydrogen) atoms. The molecule has 1 heterocycles. The summed E-state index contributed by atoms with van der Waals surface area (Å²) in [6.07, 6.45) is 2.03. The molecule has 0 radical (unpaired) electrons. The van der Waals surface area contributed by atoms with E-state index in [1.165, 1.54) is 7.05 Å². The molecular weight excluding hydrogens is 308 g/mol. The number of nitrogens with one attached hydrogen (secondary N) is 2. The van der Waals surface area contributed by atoms with Gasteiger partial charge in [-0.05, 0) is 49.7 Å². The first kappa shape index (κ1) is 15.9. The van der Waals surface area contributed by atoms with Crippen molar-refractivity contribution >= 4 is 27.5 Å². The first-order valence-corrected chi connectivity index (χ1v) is 9.27. The van der Waals surface area contributed by atoms with Crippen molar-refractivity contribution in [3.05, 3.63) is 47.9 Å². The number of thioether (sulfide) groups is 1. The van der Waals surface area contributed by atoms with Crippen molar-refractivity contribution in [1.82, 2.24) is 4.72 Å². The minimum atomic E-state index is -3.38. The summed E-state index contributed by atoms with van der Waals surface area (Å²) in [5.41, 5.74) is 0.841. The topological polar surface area (TPSA) is 71.3 Å². The highest BCUT2D eigenvalue weighted by molar-refractivity contribution is 7.97. The van der Waals surface area contributed by atoms with E-state index in [0.717, 1.165) is 23.0 Å². The molecule has 2 rings (SSSR count). The number of furan rings is 1. The van der Waals surface area contributed by atoms with Crippen LogP contribution in [0, 0.1) is 0 Å². The summed E-state index contributed by atoms with van der Waals surface area (Å²) in [6, 6.07) is 10.5. The second-order valence-corrected chi connectivity index (χ2v) is 7.14. The first-order valence-electron chi connectivity index (χ1n) is 6.39. The van der Waals surface area contributed by atoms with Crippen LogP contribution in [0.5, 0.6) is 0 Å². The molecule has 1 aromatic carbocycles. The maximum absolute atomic E-state index is 11.6. The average Bonchev–Trinajstić information content (AvgIpc) is 2.94. The largest absolute Gasteiger partial charge is 0.463 e. The molecule has 0 saturated carbocycles. The molecule has 2 aromatic rings. The Hall–Kier alpha value is -1.44. The zero-order valence-corrected chi connectivity index (χ0v) is 13.6. The van der Waals surface area contributed by atoms with E-state index < -0.39 is 10.0 Å². The van der Waals surface area contributed by atoms with Gasteiger partial charge in [0.1, 0.15) is 11.5 Å². The van der Waals surface area contributed by atoms with Crippen LogP contribution in [0.3, 0.4) is 0 Å². The summed E-state index contributed by atoms with van der Waals surface area (Å²) in [7, 11) is -1.99. The van der Waals surface area contributed by atoms with Gasteiger partial charge in [-0.2, -0.15) is 11.8 Å². The van der Waals surface area contributed by atoms with E-state index in [1.807, 2.05) is 18.4 Å². The molecule has 114 valence electrons. The van der Waals surface area contributed by atoms with Crippen molar-refractivity contribution in [3.8, 4) is 0 Å². The molecule has 0 unspecified atom stereocenters. The Balaban J connectivity index is 1.97. The van der Waals surface area contributed by atoms with Crippen LogP contribution >= 0.6 is 11.8 Å². The minimum Gasteiger partial charge on any atom is -0.463 e. The second-order valence-electron chi connectivity index (χ2n) is 4.39. The summed E-state index contributed by atoms with van der Waals surface area (Å²) in [4.78, 5) is 0.246. The maximum atomic E-state index is 11.6. The van der Waals surface area contributed by atoms with Crippen molar-refractivity contribution in [2.24, 2.45) is 0 Å². The van der Waals surface area contributed by atoms with E-state index in [2.05, 4.69) is 10.0 Å². The summed E-state index contributed by atoms with van der Waals surface area (Å²) >= 11 is 1.71. The first-order chi connectivity index (χ1) is 10.0. The van der Waals surface area contributed by atoms with Crippen molar-refractivity contribution in [2.75, 3.05) is 18.6 Å². The van der Waals surface area contributed by atoms with Crippen molar-refractivity contribution < 1.29 is 12.8 Å². The number of anilines is 1. The highest BCUT2D eigenvalue weighted by Crippen LogP contribution is 2.17. The van der Waals surface area contributed by atoms with E-state index in [-0.39, 0.29) is 4.90 Å². The fourth-order valence-corrected chi connectivity index (χ4v) is 2.97. The van der Waals surface area contributed by atoms with Crippen LogP contribution in [-0.2, 0) is 22.3 Å². The van der Waals surface area contributed by atoms with E-state index in [4.69, 9.17) is 4.42 Å². The van der Waals surface area contributed by atoms with Gasteiger partial charge in [0.05, 0.1) is 17.2 Å². The molecule has 7 heteroatoms. The zero-order valence-electron chi connectivity index (χ0n) is 11.9. The van der Waals surface area contributed by atoms with Crippen LogP contribution in [0.25, 0.3) is 0 Å². The maximum Gasteiger partial charge on any atom is 0.240 e. The fraction of sp³-hybridized carbons (Fsp3) is 0.286. The third kappa shape index (κ3) is 4.26. The summed E-state index contributed by atoms with van der Waals surface area (Å²) in [5, 5.41) is 3.20. The molecule has 0 aliphatic carbocycles. The summed E-state index contributed by atoms with van der Waals surface area (Å²) in [6.45, 7) is 0.562. The zero-order chi connectivity index (χ0) is 15.3. The van der Waals surface area contributed by atoms with Crippen molar-refractivity contribution in [3.63, 3.8) is 0 Å². The lowest BCUT2D eigenvalue weighted by atomic mass is 10.3. The third-order valence-corrected chi connectivity index (χ3v) is 4.91. The Kier molecular flexibility index (Phi) is 5.33. The van der Waals surface area contributed by atoms with Crippen LogP contribution in [0.4, 0.5) is 5.69 Å². The Labute approximate surface area is 129 Å². The van der Waals surface area contributed by atoms with Crippen LogP contribution < -0.4 is 10.0 Å². The predicted molar refractivity (Wildman–Crippen MR) is 85.9 cm³/mol. The summed E-state index contributed by atoms with van der Waals surface area (Å²) < 4.78 is 31.2. The van der Waals surface area contributed by atoms with Gasteiger partial charge in [0, 0.05) is 5.69 Å². The van der Waals surface area contributed by atoms with Crippen molar-refractivity contribution in [1.29, 1.82) is 0 Å². The van der Waals surface area contributed by atoms with Crippen LogP contribution in [0.1, 0.15) is 11.5 Å². The monoisotopic (exact) mass is 326 g/mol.